The van der Waals surface area contributed by atoms with Gasteiger partial charge in [-0.3, -0.25) is 0 Å². The lowest BCUT2D eigenvalue weighted by Gasteiger charge is -2.38. The summed E-state index contributed by atoms with van der Waals surface area (Å²) in [5.74, 6) is 0.827. The Morgan fingerprint density at radius 3 is 2.69 bits per heavy atom. The quantitative estimate of drug-likeness (QED) is 0.792. The molecule has 94 valence electrons. The number of aliphatic hydroxyl groups is 1. The molecular formula is C13H25NO2. The van der Waals surface area contributed by atoms with Gasteiger partial charge in [-0.1, -0.05) is 6.42 Å². The highest BCUT2D eigenvalue weighted by Gasteiger charge is 2.25. The van der Waals surface area contributed by atoms with Crippen LogP contribution in [-0.2, 0) is 4.74 Å². The number of likely N-dealkylation sites (tertiary alicyclic amines) is 1. The van der Waals surface area contributed by atoms with Gasteiger partial charge in [-0.2, -0.15) is 0 Å². The Morgan fingerprint density at radius 1 is 1.12 bits per heavy atom. The summed E-state index contributed by atoms with van der Waals surface area (Å²) in [6.07, 6.45) is 7.37. The van der Waals surface area contributed by atoms with Gasteiger partial charge in [0, 0.05) is 32.4 Å². The first-order valence-corrected chi connectivity index (χ1v) is 6.83. The van der Waals surface area contributed by atoms with Gasteiger partial charge in [-0.05, 0) is 44.6 Å². The van der Waals surface area contributed by atoms with Gasteiger partial charge in [0.05, 0.1) is 0 Å². The first-order valence-electron chi connectivity index (χ1n) is 6.83. The van der Waals surface area contributed by atoms with E-state index in [1.807, 2.05) is 0 Å². The summed E-state index contributed by atoms with van der Waals surface area (Å²) in [7, 11) is 0. The predicted molar refractivity (Wildman–Crippen MR) is 64.5 cm³/mol. The van der Waals surface area contributed by atoms with Crippen LogP contribution in [0.3, 0.4) is 0 Å². The van der Waals surface area contributed by atoms with Gasteiger partial charge >= 0.3 is 0 Å². The molecule has 2 aliphatic rings. The third-order valence-electron chi connectivity index (χ3n) is 4.04. The Morgan fingerprint density at radius 2 is 1.94 bits per heavy atom. The molecule has 1 N–H and O–H groups in total. The minimum absolute atomic E-state index is 0.342. The largest absolute Gasteiger partial charge is 0.396 e. The van der Waals surface area contributed by atoms with E-state index in [0.717, 1.165) is 25.6 Å². The van der Waals surface area contributed by atoms with Crippen molar-refractivity contribution in [2.45, 2.75) is 44.6 Å². The highest BCUT2D eigenvalue weighted by atomic mass is 16.5. The molecule has 1 unspecified atom stereocenters. The van der Waals surface area contributed by atoms with E-state index in [-0.39, 0.29) is 0 Å². The standard InChI is InChI=1S/C13H25NO2/c15-8-4-13-3-1-2-7-14(13)11-12-5-9-16-10-6-12/h12-13,15H,1-11H2. The van der Waals surface area contributed by atoms with Gasteiger partial charge in [0.1, 0.15) is 0 Å². The number of piperidine rings is 1. The minimum Gasteiger partial charge on any atom is -0.396 e. The van der Waals surface area contributed by atoms with Crippen LogP contribution in [0.5, 0.6) is 0 Å². The molecule has 2 rings (SSSR count). The Labute approximate surface area is 98.8 Å². The molecule has 0 bridgehead atoms. The van der Waals surface area contributed by atoms with Crippen LogP contribution in [0.4, 0.5) is 0 Å². The first-order chi connectivity index (χ1) is 7.90. The molecule has 1 atom stereocenters. The Bertz CT molecular complexity index is 190. The summed E-state index contributed by atoms with van der Waals surface area (Å²) in [4.78, 5) is 2.62. The summed E-state index contributed by atoms with van der Waals surface area (Å²) >= 11 is 0. The summed E-state index contributed by atoms with van der Waals surface area (Å²) in [5, 5.41) is 9.10. The smallest absolute Gasteiger partial charge is 0.0469 e. The topological polar surface area (TPSA) is 32.7 Å². The summed E-state index contributed by atoms with van der Waals surface area (Å²) < 4.78 is 5.40. The fraction of sp³-hybridized carbons (Fsp3) is 1.00. The Hall–Kier alpha value is -0.120. The summed E-state index contributed by atoms with van der Waals surface area (Å²) in [6, 6.07) is 0.640. The van der Waals surface area contributed by atoms with Crippen LogP contribution in [0.25, 0.3) is 0 Å². The van der Waals surface area contributed by atoms with Crippen molar-refractivity contribution in [3.05, 3.63) is 0 Å². The number of hydrogen-bond acceptors (Lipinski definition) is 3. The summed E-state index contributed by atoms with van der Waals surface area (Å²) in [6.45, 7) is 4.71. The number of aliphatic hydroxyl groups excluding tert-OH is 1. The maximum atomic E-state index is 9.10. The van der Waals surface area contributed by atoms with E-state index in [9.17, 15) is 0 Å². The van der Waals surface area contributed by atoms with Crippen molar-refractivity contribution in [1.82, 2.24) is 4.90 Å². The fourth-order valence-electron chi connectivity index (χ4n) is 3.04. The average molecular weight is 227 g/mol. The monoisotopic (exact) mass is 227 g/mol. The number of ether oxygens (including phenoxy) is 1. The lowest BCUT2D eigenvalue weighted by Crippen LogP contribution is -2.43. The molecule has 0 spiro atoms. The fourth-order valence-corrected chi connectivity index (χ4v) is 3.04. The maximum Gasteiger partial charge on any atom is 0.0469 e. The van der Waals surface area contributed by atoms with Crippen LogP contribution < -0.4 is 0 Å². The molecule has 0 aromatic heterocycles. The first kappa shape index (κ1) is 12.3. The SMILES string of the molecule is OCCC1CCCCN1CC1CCOCC1. The molecule has 0 aliphatic carbocycles. The molecule has 0 amide bonds. The van der Waals surface area contributed by atoms with Crippen LogP contribution in [0, 0.1) is 5.92 Å². The number of rotatable bonds is 4. The molecule has 2 heterocycles. The lowest BCUT2D eigenvalue weighted by molar-refractivity contribution is 0.0345. The maximum absolute atomic E-state index is 9.10. The van der Waals surface area contributed by atoms with Gasteiger partial charge in [0.15, 0.2) is 0 Å². The van der Waals surface area contributed by atoms with E-state index >= 15 is 0 Å². The van der Waals surface area contributed by atoms with Crippen molar-refractivity contribution < 1.29 is 9.84 Å². The zero-order valence-electron chi connectivity index (χ0n) is 10.2. The van der Waals surface area contributed by atoms with Crippen LogP contribution >= 0.6 is 0 Å². The number of hydrogen-bond donors (Lipinski definition) is 1. The highest BCUT2D eigenvalue weighted by molar-refractivity contribution is 4.79. The van der Waals surface area contributed by atoms with E-state index in [1.165, 1.54) is 45.2 Å². The second-order valence-electron chi connectivity index (χ2n) is 5.21. The van der Waals surface area contributed by atoms with E-state index in [2.05, 4.69) is 4.90 Å². The molecule has 0 saturated carbocycles. The van der Waals surface area contributed by atoms with Gasteiger partial charge in [0.25, 0.3) is 0 Å². The Kier molecular flexibility index (Phi) is 5.07. The molecule has 2 saturated heterocycles. The molecule has 16 heavy (non-hydrogen) atoms. The normalized spacial score (nSPS) is 29.4. The molecule has 3 nitrogen and oxygen atoms in total. The van der Waals surface area contributed by atoms with E-state index < -0.39 is 0 Å². The predicted octanol–water partition coefficient (Wildman–Crippen LogP) is 1.65. The van der Waals surface area contributed by atoms with Crippen molar-refractivity contribution in [3.63, 3.8) is 0 Å². The molecular weight excluding hydrogens is 202 g/mol. The molecule has 3 heteroatoms. The van der Waals surface area contributed by atoms with Gasteiger partial charge in [0.2, 0.25) is 0 Å². The van der Waals surface area contributed by atoms with Crippen molar-refractivity contribution in [2.75, 3.05) is 32.9 Å². The van der Waals surface area contributed by atoms with E-state index in [1.54, 1.807) is 0 Å². The number of nitrogens with zero attached hydrogens (tertiary/aromatic N) is 1. The van der Waals surface area contributed by atoms with Crippen molar-refractivity contribution in [3.8, 4) is 0 Å². The van der Waals surface area contributed by atoms with Gasteiger partial charge < -0.3 is 14.7 Å². The van der Waals surface area contributed by atoms with Crippen molar-refractivity contribution >= 4 is 0 Å². The van der Waals surface area contributed by atoms with E-state index in [0.29, 0.717) is 12.6 Å². The summed E-state index contributed by atoms with van der Waals surface area (Å²) in [5.41, 5.74) is 0. The Balaban J connectivity index is 1.80. The van der Waals surface area contributed by atoms with Crippen LogP contribution in [0.15, 0.2) is 0 Å². The van der Waals surface area contributed by atoms with Crippen LogP contribution in [0.1, 0.15) is 38.5 Å². The lowest BCUT2D eigenvalue weighted by atomic mass is 9.94. The van der Waals surface area contributed by atoms with Gasteiger partial charge in [-0.25, -0.2) is 0 Å². The zero-order valence-corrected chi connectivity index (χ0v) is 10.2. The molecule has 2 aliphatic heterocycles. The highest BCUT2D eigenvalue weighted by Crippen LogP contribution is 2.23. The zero-order chi connectivity index (χ0) is 11.2. The average Bonchev–Trinajstić information content (AvgIpc) is 2.33. The van der Waals surface area contributed by atoms with Crippen molar-refractivity contribution in [2.24, 2.45) is 5.92 Å². The molecule has 0 aromatic rings. The van der Waals surface area contributed by atoms with Crippen molar-refractivity contribution in [1.29, 1.82) is 0 Å². The van der Waals surface area contributed by atoms with Crippen LogP contribution in [0.2, 0.25) is 0 Å². The molecule has 0 radical (unpaired) electrons. The van der Waals surface area contributed by atoms with Crippen LogP contribution in [-0.4, -0.2) is 49.0 Å². The third kappa shape index (κ3) is 3.44. The molecule has 0 aromatic carbocycles. The van der Waals surface area contributed by atoms with Gasteiger partial charge in [-0.15, -0.1) is 0 Å². The second-order valence-corrected chi connectivity index (χ2v) is 5.21. The second kappa shape index (κ2) is 6.58. The minimum atomic E-state index is 0.342. The van der Waals surface area contributed by atoms with E-state index in [4.69, 9.17) is 9.84 Å². The molecule has 2 fully saturated rings. The third-order valence-corrected chi connectivity index (χ3v) is 4.04.